The number of hydrogen-bond acceptors (Lipinski definition) is 3. The highest BCUT2D eigenvalue weighted by Gasteiger charge is 2.24. The Balaban J connectivity index is 2.04. The zero-order valence-electron chi connectivity index (χ0n) is 11.2. The number of phenols is 1. The van der Waals surface area contributed by atoms with E-state index in [2.05, 4.69) is 0 Å². The number of amides is 1. The molecule has 0 spiro atoms. The summed E-state index contributed by atoms with van der Waals surface area (Å²) in [4.78, 5) is 14.3. The summed E-state index contributed by atoms with van der Waals surface area (Å²) in [6.45, 7) is 1.34. The van der Waals surface area contributed by atoms with Crippen LogP contribution in [-0.2, 0) is 11.2 Å². The molecule has 4 nitrogen and oxygen atoms in total. The highest BCUT2D eigenvalue weighted by molar-refractivity contribution is 5.79. The quantitative estimate of drug-likeness (QED) is 0.870. The normalized spacial score (nSPS) is 20.1. The third-order valence-electron chi connectivity index (χ3n) is 3.74. The summed E-state index contributed by atoms with van der Waals surface area (Å²) in [7, 11) is 0. The average Bonchev–Trinajstić information content (AvgIpc) is 2.63. The van der Waals surface area contributed by atoms with Crippen LogP contribution in [0.1, 0.15) is 31.2 Å². The molecule has 0 bridgehead atoms. The molecule has 0 radical (unpaired) electrons. The molecule has 1 amide bonds. The molecule has 104 valence electrons. The molecular formula is C15H22N2O2. The molecular weight excluding hydrogens is 240 g/mol. The van der Waals surface area contributed by atoms with Gasteiger partial charge in [-0.2, -0.15) is 0 Å². The number of carbonyl (C=O) groups is 1. The van der Waals surface area contributed by atoms with E-state index in [0.29, 0.717) is 13.0 Å². The van der Waals surface area contributed by atoms with E-state index < -0.39 is 0 Å². The molecule has 0 saturated carbocycles. The van der Waals surface area contributed by atoms with Crippen LogP contribution in [0, 0.1) is 0 Å². The zero-order chi connectivity index (χ0) is 13.7. The van der Waals surface area contributed by atoms with E-state index in [1.807, 2.05) is 11.0 Å². The molecule has 1 saturated heterocycles. The third kappa shape index (κ3) is 3.70. The lowest BCUT2D eigenvalue weighted by atomic mass is 10.1. The van der Waals surface area contributed by atoms with Crippen molar-refractivity contribution >= 4 is 5.91 Å². The summed E-state index contributed by atoms with van der Waals surface area (Å²) in [5.74, 6) is 0.319. The molecule has 3 N–H and O–H groups in total. The fraction of sp³-hybridized carbons (Fsp3) is 0.533. The molecule has 1 aromatic rings. The van der Waals surface area contributed by atoms with E-state index in [4.69, 9.17) is 5.73 Å². The zero-order valence-corrected chi connectivity index (χ0v) is 11.2. The van der Waals surface area contributed by atoms with Gasteiger partial charge in [-0.3, -0.25) is 4.79 Å². The topological polar surface area (TPSA) is 66.6 Å². The summed E-state index contributed by atoms with van der Waals surface area (Å²) < 4.78 is 0. The predicted octanol–water partition coefficient (Wildman–Crippen LogP) is 1.66. The van der Waals surface area contributed by atoms with Crippen molar-refractivity contribution in [2.45, 2.75) is 38.1 Å². The van der Waals surface area contributed by atoms with Gasteiger partial charge in [-0.1, -0.05) is 25.0 Å². The number of hydrogen-bond donors (Lipinski definition) is 2. The SMILES string of the molecule is NCC1CCCCCN1C(=O)Cc1cccc(O)c1. The minimum Gasteiger partial charge on any atom is -0.508 e. The van der Waals surface area contributed by atoms with Gasteiger partial charge in [0, 0.05) is 19.1 Å². The number of nitrogens with zero attached hydrogens (tertiary/aromatic N) is 1. The van der Waals surface area contributed by atoms with Crippen molar-refractivity contribution < 1.29 is 9.90 Å². The Kier molecular flexibility index (Phi) is 4.80. The summed E-state index contributed by atoms with van der Waals surface area (Å²) >= 11 is 0. The van der Waals surface area contributed by atoms with Crippen LogP contribution < -0.4 is 5.73 Å². The fourth-order valence-corrected chi connectivity index (χ4v) is 2.69. The van der Waals surface area contributed by atoms with Gasteiger partial charge >= 0.3 is 0 Å². The van der Waals surface area contributed by atoms with Gasteiger partial charge in [0.15, 0.2) is 0 Å². The molecule has 2 rings (SSSR count). The van der Waals surface area contributed by atoms with Gasteiger partial charge < -0.3 is 15.7 Å². The second-order valence-electron chi connectivity index (χ2n) is 5.17. The second-order valence-corrected chi connectivity index (χ2v) is 5.17. The molecule has 1 fully saturated rings. The maximum atomic E-state index is 12.4. The summed E-state index contributed by atoms with van der Waals surface area (Å²) in [5, 5.41) is 9.43. The van der Waals surface area contributed by atoms with Crippen LogP contribution in [0.25, 0.3) is 0 Å². The monoisotopic (exact) mass is 262 g/mol. The first-order valence-corrected chi connectivity index (χ1v) is 6.98. The van der Waals surface area contributed by atoms with Crippen LogP contribution in [0.15, 0.2) is 24.3 Å². The van der Waals surface area contributed by atoms with Crippen molar-refractivity contribution in [2.24, 2.45) is 5.73 Å². The van der Waals surface area contributed by atoms with E-state index >= 15 is 0 Å². The first-order chi connectivity index (χ1) is 9.20. The van der Waals surface area contributed by atoms with Crippen LogP contribution >= 0.6 is 0 Å². The molecule has 1 aromatic carbocycles. The number of aromatic hydroxyl groups is 1. The molecule has 1 atom stereocenters. The molecule has 0 aliphatic carbocycles. The van der Waals surface area contributed by atoms with Crippen molar-refractivity contribution in [1.82, 2.24) is 4.90 Å². The Hall–Kier alpha value is -1.55. The summed E-state index contributed by atoms with van der Waals surface area (Å²) in [6.07, 6.45) is 4.72. The average molecular weight is 262 g/mol. The number of benzene rings is 1. The number of phenolic OH excluding ortho intramolecular Hbond substituents is 1. The molecule has 19 heavy (non-hydrogen) atoms. The number of rotatable bonds is 3. The predicted molar refractivity (Wildman–Crippen MR) is 74.8 cm³/mol. The second kappa shape index (κ2) is 6.57. The van der Waals surface area contributed by atoms with Crippen LogP contribution in [0.3, 0.4) is 0 Å². The van der Waals surface area contributed by atoms with Crippen LogP contribution in [0.5, 0.6) is 5.75 Å². The van der Waals surface area contributed by atoms with Crippen molar-refractivity contribution in [3.63, 3.8) is 0 Å². The maximum Gasteiger partial charge on any atom is 0.227 e. The van der Waals surface area contributed by atoms with Crippen LogP contribution in [0.2, 0.25) is 0 Å². The van der Waals surface area contributed by atoms with Gasteiger partial charge in [-0.25, -0.2) is 0 Å². The Morgan fingerprint density at radius 3 is 2.95 bits per heavy atom. The van der Waals surface area contributed by atoms with Crippen molar-refractivity contribution in [2.75, 3.05) is 13.1 Å². The van der Waals surface area contributed by atoms with Gasteiger partial charge in [-0.05, 0) is 30.5 Å². The van der Waals surface area contributed by atoms with Gasteiger partial charge in [0.2, 0.25) is 5.91 Å². The summed E-state index contributed by atoms with van der Waals surface area (Å²) in [6, 6.07) is 7.07. The first kappa shape index (κ1) is 13.9. The van der Waals surface area contributed by atoms with E-state index in [1.165, 1.54) is 6.42 Å². The van der Waals surface area contributed by atoms with Crippen LogP contribution in [0.4, 0.5) is 0 Å². The Labute approximate surface area is 114 Å². The largest absolute Gasteiger partial charge is 0.508 e. The minimum atomic E-state index is 0.114. The van der Waals surface area contributed by atoms with Gasteiger partial charge in [0.05, 0.1) is 6.42 Å². The third-order valence-corrected chi connectivity index (χ3v) is 3.74. The Morgan fingerprint density at radius 2 is 2.21 bits per heavy atom. The molecule has 1 heterocycles. The van der Waals surface area contributed by atoms with E-state index in [-0.39, 0.29) is 17.7 Å². The van der Waals surface area contributed by atoms with Gasteiger partial charge in [0.25, 0.3) is 0 Å². The lowest BCUT2D eigenvalue weighted by Gasteiger charge is -2.29. The lowest BCUT2D eigenvalue weighted by molar-refractivity contribution is -0.132. The number of carbonyl (C=O) groups excluding carboxylic acids is 1. The van der Waals surface area contributed by atoms with Crippen molar-refractivity contribution in [3.8, 4) is 5.75 Å². The van der Waals surface area contributed by atoms with Crippen molar-refractivity contribution in [3.05, 3.63) is 29.8 Å². The van der Waals surface area contributed by atoms with E-state index in [0.717, 1.165) is 31.4 Å². The highest BCUT2D eigenvalue weighted by Crippen LogP contribution is 2.18. The van der Waals surface area contributed by atoms with Crippen molar-refractivity contribution in [1.29, 1.82) is 0 Å². The number of nitrogens with two attached hydrogens (primary N) is 1. The molecule has 1 unspecified atom stereocenters. The van der Waals surface area contributed by atoms with E-state index in [1.54, 1.807) is 18.2 Å². The van der Waals surface area contributed by atoms with Gasteiger partial charge in [-0.15, -0.1) is 0 Å². The summed E-state index contributed by atoms with van der Waals surface area (Å²) in [5.41, 5.74) is 6.64. The van der Waals surface area contributed by atoms with Crippen LogP contribution in [-0.4, -0.2) is 35.0 Å². The van der Waals surface area contributed by atoms with E-state index in [9.17, 15) is 9.90 Å². The number of likely N-dealkylation sites (tertiary alicyclic amines) is 1. The maximum absolute atomic E-state index is 12.4. The molecule has 1 aliphatic rings. The fourth-order valence-electron chi connectivity index (χ4n) is 2.69. The highest BCUT2D eigenvalue weighted by atomic mass is 16.3. The lowest BCUT2D eigenvalue weighted by Crippen LogP contribution is -2.44. The standard InChI is InChI=1S/C15H22N2O2/c16-11-13-6-2-1-3-8-17(13)15(19)10-12-5-4-7-14(18)9-12/h4-5,7,9,13,18H,1-3,6,8,10-11,16H2. The first-order valence-electron chi connectivity index (χ1n) is 6.98. The Morgan fingerprint density at radius 1 is 1.37 bits per heavy atom. The Bertz CT molecular complexity index is 434. The smallest absolute Gasteiger partial charge is 0.227 e. The molecule has 1 aliphatic heterocycles. The molecule has 0 aromatic heterocycles. The minimum absolute atomic E-state index is 0.114. The molecule has 4 heteroatoms. The van der Waals surface area contributed by atoms with Gasteiger partial charge in [0.1, 0.15) is 5.75 Å².